The van der Waals surface area contributed by atoms with Crippen LogP contribution in [-0.4, -0.2) is 22.7 Å². The molecule has 2 atom stereocenters. The molecule has 1 aliphatic rings. The summed E-state index contributed by atoms with van der Waals surface area (Å²) in [4.78, 5) is 15.5. The maximum Gasteiger partial charge on any atom is 0.341 e. The van der Waals surface area contributed by atoms with Crippen LogP contribution in [0.5, 0.6) is 5.75 Å². The van der Waals surface area contributed by atoms with Crippen molar-refractivity contribution in [1.82, 2.24) is 4.98 Å². The summed E-state index contributed by atoms with van der Waals surface area (Å²) in [7, 11) is 0. The maximum absolute atomic E-state index is 11.3. The SMILES string of the molecule is Cc1cc(OCC2CC=CCC2C)c(C(=O)O)c(C)n1. The molecule has 1 aromatic heterocycles. The van der Waals surface area contributed by atoms with Crippen molar-refractivity contribution < 1.29 is 14.6 Å². The molecular weight excluding hydrogens is 254 g/mol. The van der Waals surface area contributed by atoms with Crippen LogP contribution in [0.1, 0.15) is 41.5 Å². The number of aromatic carboxylic acids is 1. The van der Waals surface area contributed by atoms with Gasteiger partial charge in [0, 0.05) is 11.8 Å². The normalized spacial score (nSPS) is 21.8. The van der Waals surface area contributed by atoms with Gasteiger partial charge >= 0.3 is 5.97 Å². The van der Waals surface area contributed by atoms with Gasteiger partial charge in [-0.2, -0.15) is 0 Å². The zero-order chi connectivity index (χ0) is 14.7. The molecule has 20 heavy (non-hydrogen) atoms. The zero-order valence-corrected chi connectivity index (χ0v) is 12.2. The van der Waals surface area contributed by atoms with Gasteiger partial charge in [0.15, 0.2) is 0 Å². The predicted molar refractivity (Wildman–Crippen MR) is 77.2 cm³/mol. The van der Waals surface area contributed by atoms with E-state index in [1.807, 2.05) is 6.92 Å². The number of hydrogen-bond donors (Lipinski definition) is 1. The highest BCUT2D eigenvalue weighted by Gasteiger charge is 2.21. The number of aromatic nitrogens is 1. The Balaban J connectivity index is 2.16. The Labute approximate surface area is 119 Å². The highest BCUT2D eigenvalue weighted by molar-refractivity contribution is 5.92. The van der Waals surface area contributed by atoms with Crippen LogP contribution in [0.4, 0.5) is 0 Å². The third kappa shape index (κ3) is 3.18. The molecular formula is C16H21NO3. The monoisotopic (exact) mass is 275 g/mol. The predicted octanol–water partition coefficient (Wildman–Crippen LogP) is 3.38. The lowest BCUT2D eigenvalue weighted by atomic mass is 9.85. The van der Waals surface area contributed by atoms with E-state index < -0.39 is 5.97 Å². The zero-order valence-electron chi connectivity index (χ0n) is 12.2. The van der Waals surface area contributed by atoms with Gasteiger partial charge in [0.05, 0.1) is 12.3 Å². The minimum atomic E-state index is -0.985. The van der Waals surface area contributed by atoms with E-state index >= 15 is 0 Å². The van der Waals surface area contributed by atoms with Gasteiger partial charge in [-0.3, -0.25) is 4.98 Å². The van der Waals surface area contributed by atoms with Crippen LogP contribution >= 0.6 is 0 Å². The second-order valence-electron chi connectivity index (χ2n) is 5.52. The average molecular weight is 275 g/mol. The van der Waals surface area contributed by atoms with E-state index in [1.165, 1.54) is 0 Å². The van der Waals surface area contributed by atoms with Gasteiger partial charge in [-0.1, -0.05) is 19.1 Å². The van der Waals surface area contributed by atoms with Gasteiger partial charge in [0.25, 0.3) is 0 Å². The summed E-state index contributed by atoms with van der Waals surface area (Å²) >= 11 is 0. The summed E-state index contributed by atoms with van der Waals surface area (Å²) in [6.45, 7) is 6.31. The molecule has 0 spiro atoms. The summed E-state index contributed by atoms with van der Waals surface area (Å²) in [5.41, 5.74) is 1.46. The van der Waals surface area contributed by atoms with Crippen molar-refractivity contribution in [2.24, 2.45) is 11.8 Å². The fraction of sp³-hybridized carbons (Fsp3) is 0.500. The van der Waals surface area contributed by atoms with E-state index in [-0.39, 0.29) is 5.56 Å². The summed E-state index contributed by atoms with van der Waals surface area (Å²) in [6, 6.07) is 1.71. The Morgan fingerprint density at radius 3 is 2.75 bits per heavy atom. The van der Waals surface area contributed by atoms with E-state index in [9.17, 15) is 9.90 Å². The van der Waals surface area contributed by atoms with Crippen molar-refractivity contribution in [2.45, 2.75) is 33.6 Å². The van der Waals surface area contributed by atoms with Crippen molar-refractivity contribution in [3.05, 3.63) is 35.2 Å². The van der Waals surface area contributed by atoms with Crippen LogP contribution < -0.4 is 4.74 Å². The first-order chi connectivity index (χ1) is 9.49. The van der Waals surface area contributed by atoms with Crippen LogP contribution in [0.15, 0.2) is 18.2 Å². The van der Waals surface area contributed by atoms with Gasteiger partial charge in [-0.05, 0) is 38.5 Å². The molecule has 0 fully saturated rings. The van der Waals surface area contributed by atoms with Crippen molar-refractivity contribution in [3.63, 3.8) is 0 Å². The number of carbonyl (C=O) groups is 1. The number of rotatable bonds is 4. The molecule has 4 nitrogen and oxygen atoms in total. The molecule has 2 rings (SSSR count). The number of carboxylic acids is 1. The summed E-state index contributed by atoms with van der Waals surface area (Å²) in [5, 5.41) is 9.30. The van der Waals surface area contributed by atoms with Crippen molar-refractivity contribution >= 4 is 5.97 Å². The standard InChI is InChI=1S/C16H21NO3/c1-10-6-4-5-7-13(10)9-20-14-8-11(2)17-12(3)15(14)16(18)19/h4-5,8,10,13H,6-7,9H2,1-3H3,(H,18,19). The highest BCUT2D eigenvalue weighted by Crippen LogP contribution is 2.28. The van der Waals surface area contributed by atoms with Crippen LogP contribution in [0, 0.1) is 25.7 Å². The first kappa shape index (κ1) is 14.6. The molecule has 0 aliphatic heterocycles. The molecule has 1 aromatic rings. The molecule has 0 aromatic carbocycles. The smallest absolute Gasteiger partial charge is 0.341 e. The summed E-state index contributed by atoms with van der Waals surface area (Å²) in [5.74, 6) is 0.457. The third-order valence-electron chi connectivity index (χ3n) is 3.88. The molecule has 1 heterocycles. The van der Waals surface area contributed by atoms with Crippen molar-refractivity contribution in [1.29, 1.82) is 0 Å². The van der Waals surface area contributed by atoms with Gasteiger partial charge < -0.3 is 9.84 Å². The number of carboxylic acid groups (broad SMARTS) is 1. The molecule has 1 N–H and O–H groups in total. The fourth-order valence-corrected chi connectivity index (χ4v) is 2.60. The maximum atomic E-state index is 11.3. The van der Waals surface area contributed by atoms with E-state index in [0.29, 0.717) is 29.9 Å². The Hall–Kier alpha value is -1.84. The number of ether oxygens (including phenoxy) is 1. The fourth-order valence-electron chi connectivity index (χ4n) is 2.60. The second-order valence-corrected chi connectivity index (χ2v) is 5.52. The molecule has 2 unspecified atom stereocenters. The van der Waals surface area contributed by atoms with Crippen LogP contribution in [0.25, 0.3) is 0 Å². The Morgan fingerprint density at radius 2 is 2.10 bits per heavy atom. The number of aryl methyl sites for hydroxylation is 2. The van der Waals surface area contributed by atoms with Crippen molar-refractivity contribution in [3.8, 4) is 5.75 Å². The van der Waals surface area contributed by atoms with Crippen LogP contribution in [0.2, 0.25) is 0 Å². The number of allylic oxidation sites excluding steroid dienone is 2. The molecule has 0 amide bonds. The molecule has 4 heteroatoms. The van der Waals surface area contributed by atoms with Gasteiger partial charge in [-0.15, -0.1) is 0 Å². The number of pyridine rings is 1. The Kier molecular flexibility index (Phi) is 4.42. The van der Waals surface area contributed by atoms with E-state index in [4.69, 9.17) is 4.74 Å². The van der Waals surface area contributed by atoms with E-state index in [1.54, 1.807) is 13.0 Å². The quantitative estimate of drug-likeness (QED) is 0.856. The highest BCUT2D eigenvalue weighted by atomic mass is 16.5. The molecule has 0 saturated carbocycles. The van der Waals surface area contributed by atoms with Gasteiger partial charge in [-0.25, -0.2) is 4.79 Å². The average Bonchev–Trinajstić information content (AvgIpc) is 2.36. The second kappa shape index (κ2) is 6.07. The lowest BCUT2D eigenvalue weighted by Gasteiger charge is -2.25. The first-order valence-electron chi connectivity index (χ1n) is 6.98. The lowest BCUT2D eigenvalue weighted by Crippen LogP contribution is -2.22. The Bertz CT molecular complexity index is 537. The van der Waals surface area contributed by atoms with E-state index in [2.05, 4.69) is 24.1 Å². The molecule has 0 radical (unpaired) electrons. The summed E-state index contributed by atoms with van der Waals surface area (Å²) in [6.07, 6.45) is 6.43. The topological polar surface area (TPSA) is 59.4 Å². The number of hydrogen-bond acceptors (Lipinski definition) is 3. The Morgan fingerprint density at radius 1 is 1.40 bits per heavy atom. The molecule has 0 bridgehead atoms. The minimum absolute atomic E-state index is 0.176. The van der Waals surface area contributed by atoms with Gasteiger partial charge in [0.1, 0.15) is 11.3 Å². The van der Waals surface area contributed by atoms with Crippen LogP contribution in [-0.2, 0) is 0 Å². The largest absolute Gasteiger partial charge is 0.492 e. The van der Waals surface area contributed by atoms with Crippen LogP contribution in [0.3, 0.4) is 0 Å². The molecule has 108 valence electrons. The number of nitrogens with zero attached hydrogens (tertiary/aromatic N) is 1. The van der Waals surface area contributed by atoms with Crippen molar-refractivity contribution in [2.75, 3.05) is 6.61 Å². The van der Waals surface area contributed by atoms with E-state index in [0.717, 1.165) is 18.5 Å². The first-order valence-corrected chi connectivity index (χ1v) is 6.98. The molecule has 0 saturated heterocycles. The summed E-state index contributed by atoms with van der Waals surface area (Å²) < 4.78 is 5.82. The van der Waals surface area contributed by atoms with Gasteiger partial charge in [0.2, 0.25) is 0 Å². The third-order valence-corrected chi connectivity index (χ3v) is 3.88. The lowest BCUT2D eigenvalue weighted by molar-refractivity contribution is 0.0689. The minimum Gasteiger partial charge on any atom is -0.492 e. The molecule has 1 aliphatic carbocycles.